The Hall–Kier alpha value is -4.05. The van der Waals surface area contributed by atoms with Crippen molar-refractivity contribution < 1.29 is 9.15 Å². The summed E-state index contributed by atoms with van der Waals surface area (Å²) >= 11 is 0. The van der Waals surface area contributed by atoms with E-state index in [4.69, 9.17) is 14.9 Å². The second-order valence-electron chi connectivity index (χ2n) is 6.01. The van der Waals surface area contributed by atoms with Gasteiger partial charge < -0.3 is 20.2 Å². The van der Waals surface area contributed by atoms with Gasteiger partial charge in [-0.1, -0.05) is 18.2 Å². The van der Waals surface area contributed by atoms with E-state index in [-0.39, 0.29) is 11.4 Å². The summed E-state index contributed by atoms with van der Waals surface area (Å²) in [5, 5.41) is 12.4. The number of rotatable bonds is 5. The first-order valence-corrected chi connectivity index (χ1v) is 8.74. The van der Waals surface area contributed by atoms with Gasteiger partial charge in [0, 0.05) is 23.4 Å². The SMILES string of the molecule is CCOc1nc(Nc2ccc3nc(-c4ccccc4)oc3c2)cc(N)c1C#N. The summed E-state index contributed by atoms with van der Waals surface area (Å²) in [7, 11) is 0. The van der Waals surface area contributed by atoms with Crippen molar-refractivity contribution >= 4 is 28.3 Å². The number of benzene rings is 2. The van der Waals surface area contributed by atoms with Crippen LogP contribution >= 0.6 is 0 Å². The Balaban J connectivity index is 1.66. The lowest BCUT2D eigenvalue weighted by Crippen LogP contribution is -2.04. The molecule has 0 spiro atoms. The highest BCUT2D eigenvalue weighted by atomic mass is 16.5. The van der Waals surface area contributed by atoms with E-state index in [1.807, 2.05) is 61.5 Å². The fourth-order valence-corrected chi connectivity index (χ4v) is 2.81. The van der Waals surface area contributed by atoms with Crippen LogP contribution < -0.4 is 15.8 Å². The lowest BCUT2D eigenvalue weighted by Gasteiger charge is -2.11. The Labute approximate surface area is 161 Å². The largest absolute Gasteiger partial charge is 0.477 e. The first kappa shape index (κ1) is 17.4. The minimum atomic E-state index is 0.208. The minimum Gasteiger partial charge on any atom is -0.477 e. The molecule has 0 amide bonds. The van der Waals surface area contributed by atoms with Crippen molar-refractivity contribution in [2.24, 2.45) is 0 Å². The number of nitrogens with two attached hydrogens (primary N) is 1. The number of hydrogen-bond donors (Lipinski definition) is 2. The number of nitrogen functional groups attached to an aromatic ring is 1. The number of fused-ring (bicyclic) bond motifs is 1. The normalized spacial score (nSPS) is 10.6. The van der Waals surface area contributed by atoms with Crippen molar-refractivity contribution in [1.82, 2.24) is 9.97 Å². The van der Waals surface area contributed by atoms with Gasteiger partial charge in [-0.15, -0.1) is 0 Å². The number of nitriles is 1. The zero-order chi connectivity index (χ0) is 19.5. The second kappa shape index (κ2) is 7.29. The van der Waals surface area contributed by atoms with Gasteiger partial charge in [0.2, 0.25) is 11.8 Å². The molecule has 0 radical (unpaired) electrons. The Kier molecular flexibility index (Phi) is 4.52. The maximum Gasteiger partial charge on any atom is 0.235 e. The number of aromatic nitrogens is 2. The van der Waals surface area contributed by atoms with Crippen molar-refractivity contribution in [2.45, 2.75) is 6.92 Å². The van der Waals surface area contributed by atoms with E-state index in [0.717, 1.165) is 16.8 Å². The molecule has 0 saturated carbocycles. The van der Waals surface area contributed by atoms with E-state index < -0.39 is 0 Å². The molecule has 2 aromatic heterocycles. The molecule has 2 aromatic carbocycles. The van der Waals surface area contributed by atoms with Crippen LogP contribution in [0.1, 0.15) is 12.5 Å². The van der Waals surface area contributed by atoms with Crippen LogP contribution in [0, 0.1) is 11.3 Å². The Bertz CT molecular complexity index is 1180. The third kappa shape index (κ3) is 3.31. The molecule has 0 aliphatic carbocycles. The maximum atomic E-state index is 9.23. The van der Waals surface area contributed by atoms with Crippen LogP contribution in [0.5, 0.6) is 5.88 Å². The number of hydrogen-bond acceptors (Lipinski definition) is 7. The van der Waals surface area contributed by atoms with Gasteiger partial charge in [-0.25, -0.2) is 4.98 Å². The molecule has 7 nitrogen and oxygen atoms in total. The molecule has 0 aliphatic rings. The van der Waals surface area contributed by atoms with E-state index in [9.17, 15) is 5.26 Å². The molecule has 0 saturated heterocycles. The van der Waals surface area contributed by atoms with Crippen LogP contribution in [0.3, 0.4) is 0 Å². The third-order valence-electron chi connectivity index (χ3n) is 4.09. The van der Waals surface area contributed by atoms with Crippen LogP contribution in [0.15, 0.2) is 59.0 Å². The van der Waals surface area contributed by atoms with Crippen LogP contribution in [0.25, 0.3) is 22.6 Å². The topological polar surface area (TPSA) is 110 Å². The molecule has 0 aliphatic heterocycles. The summed E-state index contributed by atoms with van der Waals surface area (Å²) in [6.45, 7) is 2.21. The highest BCUT2D eigenvalue weighted by Crippen LogP contribution is 2.29. The zero-order valence-electron chi connectivity index (χ0n) is 15.1. The molecular formula is C21H17N5O2. The predicted molar refractivity (Wildman–Crippen MR) is 107 cm³/mol. The van der Waals surface area contributed by atoms with Gasteiger partial charge in [0.05, 0.1) is 12.3 Å². The fourth-order valence-electron chi connectivity index (χ4n) is 2.81. The van der Waals surface area contributed by atoms with Crippen molar-refractivity contribution in [3.05, 3.63) is 60.2 Å². The summed E-state index contributed by atoms with van der Waals surface area (Å²) in [6, 6.07) is 18.9. The Morgan fingerprint density at radius 1 is 1.14 bits per heavy atom. The molecular weight excluding hydrogens is 354 g/mol. The molecule has 28 heavy (non-hydrogen) atoms. The van der Waals surface area contributed by atoms with Gasteiger partial charge in [-0.05, 0) is 31.2 Å². The molecule has 4 aromatic rings. The quantitative estimate of drug-likeness (QED) is 0.532. The highest BCUT2D eigenvalue weighted by Gasteiger charge is 2.13. The summed E-state index contributed by atoms with van der Waals surface area (Å²) in [6.07, 6.45) is 0. The van der Waals surface area contributed by atoms with Crippen LogP contribution in [-0.2, 0) is 0 Å². The van der Waals surface area contributed by atoms with Gasteiger partial charge in [-0.3, -0.25) is 0 Å². The van der Waals surface area contributed by atoms with Crippen LogP contribution in [-0.4, -0.2) is 16.6 Å². The number of anilines is 3. The van der Waals surface area contributed by atoms with Gasteiger partial charge in [0.1, 0.15) is 23.0 Å². The third-order valence-corrected chi connectivity index (χ3v) is 4.09. The maximum absolute atomic E-state index is 9.23. The molecule has 138 valence electrons. The fraction of sp³-hybridized carbons (Fsp3) is 0.0952. The lowest BCUT2D eigenvalue weighted by molar-refractivity contribution is 0.326. The van der Waals surface area contributed by atoms with Crippen molar-refractivity contribution in [1.29, 1.82) is 5.26 Å². The van der Waals surface area contributed by atoms with Crippen LogP contribution in [0.2, 0.25) is 0 Å². The van der Waals surface area contributed by atoms with Crippen LogP contribution in [0.4, 0.5) is 17.2 Å². The zero-order valence-corrected chi connectivity index (χ0v) is 15.1. The predicted octanol–water partition coefficient (Wildman–Crippen LogP) is 4.49. The average molecular weight is 371 g/mol. The molecule has 4 rings (SSSR count). The number of ether oxygens (including phenoxy) is 1. The Morgan fingerprint density at radius 3 is 2.71 bits per heavy atom. The average Bonchev–Trinajstić information content (AvgIpc) is 3.12. The number of oxazole rings is 1. The standard InChI is InChI=1S/C21H17N5O2/c1-2-27-21-15(12-22)16(23)11-19(26-21)24-14-8-9-17-18(10-14)28-20(25-17)13-6-4-3-5-7-13/h3-11H,2H2,1H3,(H3,23,24,26). The molecule has 3 N–H and O–H groups in total. The Morgan fingerprint density at radius 2 is 1.96 bits per heavy atom. The van der Waals surface area contributed by atoms with E-state index >= 15 is 0 Å². The smallest absolute Gasteiger partial charge is 0.235 e. The minimum absolute atomic E-state index is 0.208. The van der Waals surface area contributed by atoms with E-state index in [1.54, 1.807) is 6.07 Å². The lowest BCUT2D eigenvalue weighted by atomic mass is 10.2. The highest BCUT2D eigenvalue weighted by molar-refractivity contribution is 5.81. The number of nitrogens with zero attached hydrogens (tertiary/aromatic N) is 3. The molecule has 7 heteroatoms. The monoisotopic (exact) mass is 371 g/mol. The van der Waals surface area contributed by atoms with Gasteiger partial charge in [0.25, 0.3) is 0 Å². The molecule has 2 heterocycles. The van der Waals surface area contributed by atoms with Gasteiger partial charge >= 0.3 is 0 Å². The summed E-state index contributed by atoms with van der Waals surface area (Å²) < 4.78 is 11.3. The number of nitrogens with one attached hydrogen (secondary N) is 1. The van der Waals surface area contributed by atoms with Crippen molar-refractivity contribution in [2.75, 3.05) is 17.7 Å². The first-order chi connectivity index (χ1) is 13.7. The van der Waals surface area contributed by atoms with E-state index in [0.29, 0.717) is 29.6 Å². The van der Waals surface area contributed by atoms with E-state index in [1.165, 1.54) is 0 Å². The molecule has 0 fully saturated rings. The van der Waals surface area contributed by atoms with E-state index in [2.05, 4.69) is 15.3 Å². The van der Waals surface area contributed by atoms with Crippen molar-refractivity contribution in [3.63, 3.8) is 0 Å². The molecule has 0 bridgehead atoms. The molecule has 0 unspecified atom stereocenters. The van der Waals surface area contributed by atoms with Gasteiger partial charge in [-0.2, -0.15) is 10.2 Å². The first-order valence-electron chi connectivity index (χ1n) is 8.74. The summed E-state index contributed by atoms with van der Waals surface area (Å²) in [4.78, 5) is 8.86. The van der Waals surface area contributed by atoms with Gasteiger partial charge in [0.15, 0.2) is 5.58 Å². The summed E-state index contributed by atoms with van der Waals surface area (Å²) in [5.74, 6) is 1.24. The number of pyridine rings is 1. The summed E-state index contributed by atoms with van der Waals surface area (Å²) in [5.41, 5.74) is 9.56. The van der Waals surface area contributed by atoms with Crippen molar-refractivity contribution in [3.8, 4) is 23.4 Å². The second-order valence-corrected chi connectivity index (χ2v) is 6.01. The molecule has 0 atom stereocenters.